The first-order chi connectivity index (χ1) is 14.4. The van der Waals surface area contributed by atoms with Crippen molar-refractivity contribution in [3.63, 3.8) is 0 Å². The highest BCUT2D eigenvalue weighted by Crippen LogP contribution is 2.37. The summed E-state index contributed by atoms with van der Waals surface area (Å²) in [7, 11) is 0. The van der Waals surface area contributed by atoms with Crippen LogP contribution in [0.1, 0.15) is 34.6 Å². The third-order valence-electron chi connectivity index (χ3n) is 5.17. The van der Waals surface area contributed by atoms with Crippen LogP contribution in [0.15, 0.2) is 48.5 Å². The van der Waals surface area contributed by atoms with E-state index in [4.69, 9.17) is 4.74 Å². The van der Waals surface area contributed by atoms with E-state index in [-0.39, 0.29) is 29.0 Å². The molecule has 6 nitrogen and oxygen atoms in total. The van der Waals surface area contributed by atoms with Crippen LogP contribution in [0, 0.1) is 5.82 Å². The van der Waals surface area contributed by atoms with Crippen LogP contribution in [0.25, 0.3) is 10.1 Å². The number of hydrogen-bond acceptors (Lipinski definition) is 5. The number of ether oxygens (including phenoxy) is 1. The van der Waals surface area contributed by atoms with Gasteiger partial charge in [0.2, 0.25) is 0 Å². The summed E-state index contributed by atoms with van der Waals surface area (Å²) < 4.78 is 20.3. The average Bonchev–Trinajstić information content (AvgIpc) is 3.21. The van der Waals surface area contributed by atoms with E-state index in [1.807, 2.05) is 6.07 Å². The van der Waals surface area contributed by atoms with Crippen LogP contribution < -0.4 is 5.32 Å². The molecule has 3 aromatic rings. The first-order valence-corrected chi connectivity index (χ1v) is 10.2. The van der Waals surface area contributed by atoms with E-state index in [0.717, 1.165) is 16.2 Å². The molecule has 0 bridgehead atoms. The Bertz CT molecular complexity index is 1160. The van der Waals surface area contributed by atoms with Crippen LogP contribution >= 0.6 is 11.3 Å². The van der Waals surface area contributed by atoms with Crippen molar-refractivity contribution in [1.82, 2.24) is 10.2 Å². The second-order valence-corrected chi connectivity index (χ2v) is 8.11. The molecule has 1 saturated heterocycles. The minimum Gasteiger partial charge on any atom is -0.462 e. The number of thiophene rings is 1. The number of halogens is 1. The van der Waals surface area contributed by atoms with Gasteiger partial charge in [0.05, 0.1) is 13.2 Å². The Kier molecular flexibility index (Phi) is 5.03. The quantitative estimate of drug-likeness (QED) is 0.490. The molecular formula is C22H19FN2O4S. The highest BCUT2D eigenvalue weighted by Gasteiger charge is 2.49. The largest absolute Gasteiger partial charge is 0.462 e. The van der Waals surface area contributed by atoms with Crippen molar-refractivity contribution >= 4 is 39.3 Å². The maximum absolute atomic E-state index is 14.6. The van der Waals surface area contributed by atoms with E-state index in [1.54, 1.807) is 50.2 Å². The lowest BCUT2D eigenvalue weighted by Gasteiger charge is -2.22. The number of nitrogens with one attached hydrogen (secondary N) is 1. The minimum absolute atomic E-state index is 0.157. The number of carbonyl (C=O) groups excluding carboxylic acids is 3. The fourth-order valence-corrected chi connectivity index (χ4v) is 4.77. The Hall–Kier alpha value is -3.26. The SMILES string of the molecule is CCOC(=O)c1sc2cccc(F)c2c1CN1C(=O)NC(C)(c2ccccc2)C1=O. The monoisotopic (exact) mass is 426 g/mol. The lowest BCUT2D eigenvalue weighted by atomic mass is 9.92. The third-order valence-corrected chi connectivity index (χ3v) is 6.34. The Morgan fingerprint density at radius 2 is 1.90 bits per heavy atom. The molecule has 1 atom stereocenters. The van der Waals surface area contributed by atoms with Gasteiger partial charge in [0.1, 0.15) is 16.2 Å². The van der Waals surface area contributed by atoms with E-state index in [2.05, 4.69) is 5.32 Å². The molecule has 4 rings (SSSR count). The summed E-state index contributed by atoms with van der Waals surface area (Å²) in [5.41, 5.74) is -0.336. The summed E-state index contributed by atoms with van der Waals surface area (Å²) >= 11 is 1.08. The summed E-state index contributed by atoms with van der Waals surface area (Å²) in [4.78, 5) is 39.6. The molecule has 0 saturated carbocycles. The molecule has 3 amide bonds. The van der Waals surface area contributed by atoms with Crippen molar-refractivity contribution < 1.29 is 23.5 Å². The van der Waals surface area contributed by atoms with Gasteiger partial charge in [-0.25, -0.2) is 14.0 Å². The number of nitrogens with zero attached hydrogens (tertiary/aromatic N) is 1. The van der Waals surface area contributed by atoms with Gasteiger partial charge in [0, 0.05) is 15.6 Å². The smallest absolute Gasteiger partial charge is 0.348 e. The van der Waals surface area contributed by atoms with Crippen LogP contribution in [0.5, 0.6) is 0 Å². The first-order valence-electron chi connectivity index (χ1n) is 9.43. The molecule has 8 heteroatoms. The van der Waals surface area contributed by atoms with E-state index < -0.39 is 29.3 Å². The molecule has 0 radical (unpaired) electrons. The van der Waals surface area contributed by atoms with Crippen LogP contribution in [0.4, 0.5) is 9.18 Å². The fourth-order valence-electron chi connectivity index (χ4n) is 3.65. The van der Waals surface area contributed by atoms with E-state index in [0.29, 0.717) is 10.3 Å². The second kappa shape index (κ2) is 7.53. The summed E-state index contributed by atoms with van der Waals surface area (Å²) in [5, 5.41) is 2.95. The van der Waals surface area contributed by atoms with Crippen LogP contribution in [-0.2, 0) is 21.6 Å². The lowest BCUT2D eigenvalue weighted by molar-refractivity contribution is -0.131. The third kappa shape index (κ3) is 3.13. The molecule has 2 heterocycles. The summed E-state index contributed by atoms with van der Waals surface area (Å²) in [6.07, 6.45) is 0. The molecule has 1 aliphatic heterocycles. The number of fused-ring (bicyclic) bond motifs is 1. The van der Waals surface area contributed by atoms with Gasteiger partial charge < -0.3 is 10.1 Å². The van der Waals surface area contributed by atoms with Crippen molar-refractivity contribution in [3.8, 4) is 0 Å². The number of hydrogen-bond donors (Lipinski definition) is 1. The predicted molar refractivity (Wildman–Crippen MR) is 111 cm³/mol. The van der Waals surface area contributed by atoms with Gasteiger partial charge in [0.25, 0.3) is 5.91 Å². The zero-order chi connectivity index (χ0) is 21.5. The summed E-state index contributed by atoms with van der Waals surface area (Å²) in [5.74, 6) is -1.60. The van der Waals surface area contributed by atoms with Crippen LogP contribution in [0.3, 0.4) is 0 Å². The van der Waals surface area contributed by atoms with Crippen molar-refractivity contribution in [2.75, 3.05) is 6.61 Å². The molecule has 154 valence electrons. The number of amides is 3. The fraction of sp³-hybridized carbons (Fsp3) is 0.227. The van der Waals surface area contributed by atoms with Gasteiger partial charge in [-0.15, -0.1) is 11.3 Å². The first kappa shape index (κ1) is 20.0. The number of benzene rings is 2. The van der Waals surface area contributed by atoms with Gasteiger partial charge in [-0.2, -0.15) is 0 Å². The molecule has 0 aliphatic carbocycles. The van der Waals surface area contributed by atoms with Crippen molar-refractivity contribution in [1.29, 1.82) is 0 Å². The minimum atomic E-state index is -1.24. The molecule has 1 fully saturated rings. The summed E-state index contributed by atoms with van der Waals surface area (Å²) in [6.45, 7) is 3.22. The predicted octanol–water partition coefficient (Wildman–Crippen LogP) is 4.18. The normalized spacial score (nSPS) is 18.7. The molecule has 1 unspecified atom stereocenters. The number of urea groups is 1. The Morgan fingerprint density at radius 3 is 2.60 bits per heavy atom. The maximum atomic E-state index is 14.6. The maximum Gasteiger partial charge on any atom is 0.348 e. The molecule has 2 aromatic carbocycles. The zero-order valence-corrected chi connectivity index (χ0v) is 17.2. The van der Waals surface area contributed by atoms with Gasteiger partial charge in [-0.05, 0) is 31.5 Å². The highest BCUT2D eigenvalue weighted by molar-refractivity contribution is 7.21. The molecule has 1 aromatic heterocycles. The van der Waals surface area contributed by atoms with E-state index >= 15 is 0 Å². The van der Waals surface area contributed by atoms with Gasteiger partial charge in [0.15, 0.2) is 0 Å². The lowest BCUT2D eigenvalue weighted by Crippen LogP contribution is -2.40. The van der Waals surface area contributed by atoms with Crippen molar-refractivity contribution in [2.24, 2.45) is 0 Å². The number of rotatable bonds is 5. The van der Waals surface area contributed by atoms with Crippen molar-refractivity contribution in [3.05, 3.63) is 70.4 Å². The molecule has 1 N–H and O–H groups in total. The Balaban J connectivity index is 1.77. The highest BCUT2D eigenvalue weighted by atomic mass is 32.1. The second-order valence-electron chi connectivity index (χ2n) is 7.06. The molecule has 30 heavy (non-hydrogen) atoms. The topological polar surface area (TPSA) is 75.7 Å². The number of carbonyl (C=O) groups is 3. The number of imide groups is 1. The van der Waals surface area contributed by atoms with Crippen LogP contribution in [-0.4, -0.2) is 29.4 Å². The summed E-state index contributed by atoms with van der Waals surface area (Å²) in [6, 6.07) is 12.8. The average molecular weight is 426 g/mol. The molecular weight excluding hydrogens is 407 g/mol. The molecule has 0 spiro atoms. The standard InChI is InChI=1S/C22H19FN2O4S/c1-3-29-19(26)18-14(17-15(23)10-7-11-16(17)30-18)12-25-20(27)22(2,24-21(25)28)13-8-5-4-6-9-13/h4-11H,3,12H2,1-2H3,(H,24,28). The van der Waals surface area contributed by atoms with Gasteiger partial charge >= 0.3 is 12.0 Å². The Morgan fingerprint density at radius 1 is 1.17 bits per heavy atom. The molecule has 1 aliphatic rings. The Labute approximate surface area is 176 Å². The number of esters is 1. The van der Waals surface area contributed by atoms with E-state index in [9.17, 15) is 18.8 Å². The van der Waals surface area contributed by atoms with E-state index in [1.165, 1.54) is 6.07 Å². The van der Waals surface area contributed by atoms with Crippen LogP contribution in [0.2, 0.25) is 0 Å². The zero-order valence-electron chi connectivity index (χ0n) is 16.4. The van der Waals surface area contributed by atoms with Crippen molar-refractivity contribution in [2.45, 2.75) is 25.9 Å². The van der Waals surface area contributed by atoms with Gasteiger partial charge in [-0.3, -0.25) is 9.69 Å². The van der Waals surface area contributed by atoms with Gasteiger partial charge in [-0.1, -0.05) is 36.4 Å².